The molecule has 7 nitrogen and oxygen atoms in total. The molecule has 168 valence electrons. The van der Waals surface area contributed by atoms with Crippen LogP contribution >= 0.6 is 11.3 Å². The van der Waals surface area contributed by atoms with Gasteiger partial charge in [-0.15, -0.1) is 0 Å². The molecule has 3 aromatic rings. The number of nitrogens with one attached hydrogen (secondary N) is 1. The first kappa shape index (κ1) is 21.0. The number of benzene rings is 2. The maximum absolute atomic E-state index is 12.5. The minimum Gasteiger partial charge on any atom is -0.485 e. The average molecular weight is 453 g/mol. The van der Waals surface area contributed by atoms with Crippen molar-refractivity contribution in [3.63, 3.8) is 0 Å². The molecule has 1 atom stereocenters. The number of anilines is 1. The fourth-order valence-corrected chi connectivity index (χ4v) is 5.19. The van der Waals surface area contributed by atoms with Gasteiger partial charge in [0, 0.05) is 39.3 Å². The monoisotopic (exact) mass is 452 g/mol. The number of hydrogen-bond acceptors (Lipinski definition) is 7. The number of rotatable bonds is 5. The molecule has 1 N–H and O–H groups in total. The first-order chi connectivity index (χ1) is 15.6. The van der Waals surface area contributed by atoms with Crippen molar-refractivity contribution in [3.05, 3.63) is 47.5 Å². The Hall–Kier alpha value is -2.84. The SMILES string of the molecule is Cc1ccc2sc(N3CCN(CCNC(=O)C4COc5ccccc5O4)CC3)nc2c1C. The van der Waals surface area contributed by atoms with Crippen LogP contribution in [0.15, 0.2) is 36.4 Å². The van der Waals surface area contributed by atoms with E-state index in [0.717, 1.165) is 43.4 Å². The molecule has 1 saturated heterocycles. The normalized spacial score (nSPS) is 18.7. The molecule has 5 rings (SSSR count). The van der Waals surface area contributed by atoms with E-state index in [0.29, 0.717) is 18.0 Å². The van der Waals surface area contributed by atoms with Gasteiger partial charge >= 0.3 is 0 Å². The van der Waals surface area contributed by atoms with Gasteiger partial charge in [0.1, 0.15) is 6.61 Å². The van der Waals surface area contributed by atoms with Gasteiger partial charge in [0.05, 0.1) is 10.2 Å². The summed E-state index contributed by atoms with van der Waals surface area (Å²) in [4.78, 5) is 22.1. The summed E-state index contributed by atoms with van der Waals surface area (Å²) in [6.07, 6.45) is -0.604. The lowest BCUT2D eigenvalue weighted by Crippen LogP contribution is -2.50. The average Bonchev–Trinajstić information content (AvgIpc) is 3.27. The molecule has 0 bridgehead atoms. The fraction of sp³-hybridized carbons (Fsp3) is 0.417. The molecule has 2 aliphatic rings. The van der Waals surface area contributed by atoms with Gasteiger partial charge in [-0.05, 0) is 43.2 Å². The Morgan fingerprint density at radius 3 is 2.72 bits per heavy atom. The Bertz CT molecular complexity index is 1120. The number of hydrogen-bond donors (Lipinski definition) is 1. The third-order valence-corrected chi connectivity index (χ3v) is 7.33. The minimum absolute atomic E-state index is 0.127. The van der Waals surface area contributed by atoms with Crippen LogP contribution in [0.4, 0.5) is 5.13 Å². The first-order valence-electron chi connectivity index (χ1n) is 11.1. The molecule has 0 saturated carbocycles. The summed E-state index contributed by atoms with van der Waals surface area (Å²) in [6.45, 7) is 9.75. The molecule has 1 unspecified atom stereocenters. The largest absolute Gasteiger partial charge is 0.485 e. The van der Waals surface area contributed by atoms with E-state index in [1.165, 1.54) is 15.8 Å². The molecule has 8 heteroatoms. The number of aryl methyl sites for hydroxylation is 2. The van der Waals surface area contributed by atoms with Crippen LogP contribution in [0, 0.1) is 13.8 Å². The van der Waals surface area contributed by atoms with Crippen molar-refractivity contribution < 1.29 is 14.3 Å². The van der Waals surface area contributed by atoms with Crippen molar-refractivity contribution in [1.82, 2.24) is 15.2 Å². The highest BCUT2D eigenvalue weighted by Gasteiger charge is 2.27. The van der Waals surface area contributed by atoms with Crippen LogP contribution in [0.2, 0.25) is 0 Å². The van der Waals surface area contributed by atoms with Crippen molar-refractivity contribution in [2.75, 3.05) is 50.8 Å². The molecule has 2 aromatic carbocycles. The zero-order valence-corrected chi connectivity index (χ0v) is 19.3. The van der Waals surface area contributed by atoms with Crippen molar-refractivity contribution in [1.29, 1.82) is 0 Å². The Kier molecular flexibility index (Phi) is 5.89. The first-order valence-corrected chi connectivity index (χ1v) is 11.9. The van der Waals surface area contributed by atoms with Gasteiger partial charge in [-0.1, -0.05) is 29.5 Å². The van der Waals surface area contributed by atoms with Crippen LogP contribution in [0.25, 0.3) is 10.2 Å². The number of fused-ring (bicyclic) bond motifs is 2. The van der Waals surface area contributed by atoms with Crippen LogP contribution in [-0.2, 0) is 4.79 Å². The van der Waals surface area contributed by atoms with Crippen LogP contribution in [0.5, 0.6) is 11.5 Å². The van der Waals surface area contributed by atoms with E-state index >= 15 is 0 Å². The van der Waals surface area contributed by atoms with Gasteiger partial charge in [-0.2, -0.15) is 0 Å². The zero-order chi connectivity index (χ0) is 22.1. The third-order valence-electron chi connectivity index (χ3n) is 6.24. The van der Waals surface area contributed by atoms with Crippen molar-refractivity contribution >= 4 is 32.6 Å². The molecule has 2 aliphatic heterocycles. The van der Waals surface area contributed by atoms with Gasteiger partial charge in [-0.3, -0.25) is 9.69 Å². The lowest BCUT2D eigenvalue weighted by Gasteiger charge is -2.34. The quantitative estimate of drug-likeness (QED) is 0.642. The highest BCUT2D eigenvalue weighted by molar-refractivity contribution is 7.22. The van der Waals surface area contributed by atoms with Gasteiger partial charge in [-0.25, -0.2) is 4.98 Å². The zero-order valence-electron chi connectivity index (χ0n) is 18.5. The standard InChI is InChI=1S/C24H28N4O3S/c1-16-7-8-21-22(17(16)2)26-24(32-21)28-13-11-27(12-14-28)10-9-25-23(29)20-15-30-18-5-3-4-6-19(18)31-20/h3-8,20H,9-15H2,1-2H3,(H,25,29). The number of thiazole rings is 1. The Labute approximate surface area is 191 Å². The Morgan fingerprint density at radius 1 is 1.12 bits per heavy atom. The molecule has 32 heavy (non-hydrogen) atoms. The molecule has 0 aliphatic carbocycles. The molecule has 0 radical (unpaired) electrons. The summed E-state index contributed by atoms with van der Waals surface area (Å²) >= 11 is 1.77. The number of para-hydroxylation sites is 2. The molecule has 1 fully saturated rings. The number of amides is 1. The molecule has 1 amide bonds. The number of carbonyl (C=O) groups is 1. The molecule has 0 spiro atoms. The second-order valence-electron chi connectivity index (χ2n) is 8.33. The van der Waals surface area contributed by atoms with Gasteiger partial charge < -0.3 is 19.7 Å². The van der Waals surface area contributed by atoms with Crippen LogP contribution in [-0.4, -0.2) is 67.8 Å². The lowest BCUT2D eigenvalue weighted by atomic mass is 10.1. The van der Waals surface area contributed by atoms with Gasteiger partial charge in [0.2, 0.25) is 6.10 Å². The van der Waals surface area contributed by atoms with Crippen LogP contribution in [0.3, 0.4) is 0 Å². The number of aromatic nitrogens is 1. The van der Waals surface area contributed by atoms with Crippen molar-refractivity contribution in [2.45, 2.75) is 20.0 Å². The van der Waals surface area contributed by atoms with E-state index in [-0.39, 0.29) is 12.5 Å². The summed E-state index contributed by atoms with van der Waals surface area (Å²) in [5.41, 5.74) is 3.69. The fourth-order valence-electron chi connectivity index (χ4n) is 4.11. The summed E-state index contributed by atoms with van der Waals surface area (Å²) < 4.78 is 12.7. The van der Waals surface area contributed by atoms with E-state index < -0.39 is 6.10 Å². The van der Waals surface area contributed by atoms with Crippen molar-refractivity contribution in [3.8, 4) is 11.5 Å². The number of ether oxygens (including phenoxy) is 2. The number of piperazine rings is 1. The summed E-state index contributed by atoms with van der Waals surface area (Å²) in [6, 6.07) is 11.8. The van der Waals surface area contributed by atoms with E-state index in [9.17, 15) is 4.79 Å². The number of nitrogens with zero attached hydrogens (tertiary/aromatic N) is 3. The summed E-state index contributed by atoms with van der Waals surface area (Å²) in [5.74, 6) is 1.18. The van der Waals surface area contributed by atoms with E-state index in [4.69, 9.17) is 14.5 Å². The Balaban J connectivity index is 1.08. The number of carbonyl (C=O) groups excluding carboxylic acids is 1. The summed E-state index contributed by atoms with van der Waals surface area (Å²) in [7, 11) is 0. The second-order valence-corrected chi connectivity index (χ2v) is 9.34. The smallest absolute Gasteiger partial charge is 0.264 e. The lowest BCUT2D eigenvalue weighted by molar-refractivity contribution is -0.130. The highest BCUT2D eigenvalue weighted by atomic mass is 32.1. The van der Waals surface area contributed by atoms with Crippen molar-refractivity contribution in [2.24, 2.45) is 0 Å². The third kappa shape index (κ3) is 4.25. The molecular formula is C24H28N4O3S. The summed E-state index contributed by atoms with van der Waals surface area (Å²) in [5, 5.41) is 4.10. The van der Waals surface area contributed by atoms with Crippen LogP contribution in [0.1, 0.15) is 11.1 Å². The van der Waals surface area contributed by atoms with Gasteiger partial charge in [0.25, 0.3) is 5.91 Å². The highest BCUT2D eigenvalue weighted by Crippen LogP contribution is 2.32. The van der Waals surface area contributed by atoms with E-state index in [1.54, 1.807) is 11.3 Å². The predicted octanol–water partition coefficient (Wildman–Crippen LogP) is 2.99. The second kappa shape index (κ2) is 8.96. The van der Waals surface area contributed by atoms with E-state index in [1.807, 2.05) is 24.3 Å². The molecule has 1 aromatic heterocycles. The molecule has 3 heterocycles. The predicted molar refractivity (Wildman–Crippen MR) is 127 cm³/mol. The molecular weight excluding hydrogens is 424 g/mol. The van der Waals surface area contributed by atoms with Crippen LogP contribution < -0.4 is 19.7 Å². The Morgan fingerprint density at radius 2 is 1.91 bits per heavy atom. The maximum atomic E-state index is 12.5. The van der Waals surface area contributed by atoms with Gasteiger partial charge in [0.15, 0.2) is 16.6 Å². The minimum atomic E-state index is -0.604. The maximum Gasteiger partial charge on any atom is 0.264 e. The topological polar surface area (TPSA) is 66.9 Å². The van der Waals surface area contributed by atoms with E-state index in [2.05, 4.69) is 41.1 Å².